The average molecular weight is 328 g/mol. The molecular formula is C21H16N2O2. The van der Waals surface area contributed by atoms with Gasteiger partial charge in [0.05, 0.1) is 11.6 Å². The first-order valence-corrected chi connectivity index (χ1v) is 7.88. The van der Waals surface area contributed by atoms with Gasteiger partial charge in [-0.3, -0.25) is 9.78 Å². The lowest BCUT2D eigenvalue weighted by Gasteiger charge is -2.08. The van der Waals surface area contributed by atoms with E-state index in [0.29, 0.717) is 29.9 Å². The quantitative estimate of drug-likeness (QED) is 0.643. The van der Waals surface area contributed by atoms with E-state index in [4.69, 9.17) is 10.00 Å². The largest absolute Gasteiger partial charge is 0.489 e. The van der Waals surface area contributed by atoms with Gasteiger partial charge in [-0.1, -0.05) is 24.3 Å². The van der Waals surface area contributed by atoms with Crippen molar-refractivity contribution < 1.29 is 9.53 Å². The molecule has 0 fully saturated rings. The number of nitrogens with zero attached hydrogens (tertiary/aromatic N) is 2. The van der Waals surface area contributed by atoms with Gasteiger partial charge < -0.3 is 4.74 Å². The van der Waals surface area contributed by atoms with E-state index >= 15 is 0 Å². The van der Waals surface area contributed by atoms with Crippen LogP contribution in [-0.2, 0) is 13.0 Å². The number of rotatable bonds is 6. The SMILES string of the molecule is N#Cc1ccc(COc2cccc(C(=O)Cc3ccncc3)c2)cc1. The Bertz CT molecular complexity index is 897. The summed E-state index contributed by atoms with van der Waals surface area (Å²) in [5.41, 5.74) is 3.14. The summed E-state index contributed by atoms with van der Waals surface area (Å²) in [6.45, 7) is 0.383. The third-order valence-corrected chi connectivity index (χ3v) is 3.76. The van der Waals surface area contributed by atoms with Crippen LogP contribution in [0.5, 0.6) is 5.75 Å². The van der Waals surface area contributed by atoms with Gasteiger partial charge in [0.1, 0.15) is 12.4 Å². The van der Waals surface area contributed by atoms with Gasteiger partial charge in [-0.25, -0.2) is 0 Å². The van der Waals surface area contributed by atoms with Crippen molar-refractivity contribution in [2.24, 2.45) is 0 Å². The molecule has 25 heavy (non-hydrogen) atoms. The van der Waals surface area contributed by atoms with Crippen LogP contribution in [0.1, 0.15) is 27.0 Å². The predicted octanol–water partition coefficient (Wildman–Crippen LogP) is 3.96. The predicted molar refractivity (Wildman–Crippen MR) is 94.2 cm³/mol. The second kappa shape index (κ2) is 7.89. The molecule has 0 aliphatic rings. The highest BCUT2D eigenvalue weighted by Crippen LogP contribution is 2.17. The van der Waals surface area contributed by atoms with Crippen LogP contribution in [0.3, 0.4) is 0 Å². The van der Waals surface area contributed by atoms with E-state index in [9.17, 15) is 4.79 Å². The second-order valence-electron chi connectivity index (χ2n) is 5.58. The lowest BCUT2D eigenvalue weighted by atomic mass is 10.0. The van der Waals surface area contributed by atoms with Crippen molar-refractivity contribution in [1.29, 1.82) is 5.26 Å². The summed E-state index contributed by atoms with van der Waals surface area (Å²) in [7, 11) is 0. The summed E-state index contributed by atoms with van der Waals surface area (Å²) < 4.78 is 5.76. The fourth-order valence-corrected chi connectivity index (χ4v) is 2.39. The van der Waals surface area contributed by atoms with Crippen molar-refractivity contribution in [1.82, 2.24) is 4.98 Å². The second-order valence-corrected chi connectivity index (χ2v) is 5.58. The molecule has 3 aromatic rings. The first-order valence-electron chi connectivity index (χ1n) is 7.88. The summed E-state index contributed by atoms with van der Waals surface area (Å²) in [5.74, 6) is 0.681. The van der Waals surface area contributed by atoms with Gasteiger partial charge in [0.15, 0.2) is 5.78 Å². The summed E-state index contributed by atoms with van der Waals surface area (Å²) in [6.07, 6.45) is 3.70. The maximum atomic E-state index is 12.4. The Labute approximate surface area is 146 Å². The molecule has 0 saturated carbocycles. The maximum absolute atomic E-state index is 12.4. The Morgan fingerprint density at radius 3 is 2.48 bits per heavy atom. The third kappa shape index (κ3) is 4.52. The molecule has 0 N–H and O–H groups in total. The van der Waals surface area contributed by atoms with Crippen LogP contribution in [0.15, 0.2) is 73.1 Å². The van der Waals surface area contributed by atoms with Crippen LogP contribution in [0, 0.1) is 11.3 Å². The van der Waals surface area contributed by atoms with Crippen molar-refractivity contribution >= 4 is 5.78 Å². The van der Waals surface area contributed by atoms with Gasteiger partial charge in [0.25, 0.3) is 0 Å². The fraction of sp³-hybridized carbons (Fsp3) is 0.0952. The molecule has 0 bridgehead atoms. The molecule has 0 saturated heterocycles. The topological polar surface area (TPSA) is 63.0 Å². The Balaban J connectivity index is 1.64. The molecule has 0 spiro atoms. The Morgan fingerprint density at radius 2 is 1.76 bits per heavy atom. The van der Waals surface area contributed by atoms with Gasteiger partial charge >= 0.3 is 0 Å². The molecule has 0 unspecified atom stereocenters. The summed E-state index contributed by atoms with van der Waals surface area (Å²) in [4.78, 5) is 16.4. The maximum Gasteiger partial charge on any atom is 0.167 e. The molecule has 122 valence electrons. The minimum Gasteiger partial charge on any atom is -0.489 e. The molecule has 0 amide bonds. The monoisotopic (exact) mass is 328 g/mol. The molecule has 1 aromatic heterocycles. The average Bonchev–Trinajstić information content (AvgIpc) is 2.68. The van der Waals surface area contributed by atoms with Gasteiger partial charge in [0.2, 0.25) is 0 Å². The third-order valence-electron chi connectivity index (χ3n) is 3.76. The van der Waals surface area contributed by atoms with E-state index in [-0.39, 0.29) is 5.78 Å². The fourth-order valence-electron chi connectivity index (χ4n) is 2.39. The number of carbonyl (C=O) groups excluding carboxylic acids is 1. The van der Waals surface area contributed by atoms with E-state index in [1.807, 2.05) is 36.4 Å². The smallest absolute Gasteiger partial charge is 0.167 e. The first kappa shape index (κ1) is 16.4. The van der Waals surface area contributed by atoms with Crippen molar-refractivity contribution in [3.8, 4) is 11.8 Å². The molecule has 1 heterocycles. The van der Waals surface area contributed by atoms with Crippen LogP contribution in [0.4, 0.5) is 0 Å². The van der Waals surface area contributed by atoms with E-state index in [1.54, 1.807) is 36.7 Å². The molecular weight excluding hydrogens is 312 g/mol. The molecule has 0 atom stereocenters. The minimum absolute atomic E-state index is 0.0371. The van der Waals surface area contributed by atoms with E-state index < -0.39 is 0 Å². The summed E-state index contributed by atoms with van der Waals surface area (Å²) >= 11 is 0. The molecule has 4 nitrogen and oxygen atoms in total. The number of ketones is 1. The number of hydrogen-bond acceptors (Lipinski definition) is 4. The molecule has 0 aliphatic carbocycles. The number of pyridine rings is 1. The Morgan fingerprint density at radius 1 is 1.00 bits per heavy atom. The zero-order valence-electron chi connectivity index (χ0n) is 13.6. The van der Waals surface area contributed by atoms with Gasteiger partial charge in [-0.05, 0) is 47.5 Å². The zero-order chi connectivity index (χ0) is 17.5. The highest BCUT2D eigenvalue weighted by atomic mass is 16.5. The molecule has 0 radical (unpaired) electrons. The van der Waals surface area contributed by atoms with Crippen molar-refractivity contribution in [3.63, 3.8) is 0 Å². The number of nitriles is 1. The van der Waals surface area contributed by atoms with Crippen molar-refractivity contribution in [2.45, 2.75) is 13.0 Å². The summed E-state index contributed by atoms with van der Waals surface area (Å²) in [6, 6.07) is 20.2. The van der Waals surface area contributed by atoms with Crippen LogP contribution in [0.2, 0.25) is 0 Å². The van der Waals surface area contributed by atoms with E-state index in [0.717, 1.165) is 11.1 Å². The van der Waals surface area contributed by atoms with E-state index in [1.165, 1.54) is 0 Å². The van der Waals surface area contributed by atoms with Gasteiger partial charge in [-0.2, -0.15) is 5.26 Å². The van der Waals surface area contributed by atoms with Crippen LogP contribution in [0.25, 0.3) is 0 Å². The van der Waals surface area contributed by atoms with Gasteiger partial charge in [-0.15, -0.1) is 0 Å². The van der Waals surface area contributed by atoms with Crippen LogP contribution >= 0.6 is 0 Å². The lowest BCUT2D eigenvalue weighted by molar-refractivity contribution is 0.0992. The van der Waals surface area contributed by atoms with Crippen LogP contribution < -0.4 is 4.74 Å². The number of carbonyl (C=O) groups is 1. The van der Waals surface area contributed by atoms with Crippen molar-refractivity contribution in [3.05, 3.63) is 95.3 Å². The Hall–Kier alpha value is -3.45. The van der Waals surface area contributed by atoms with Crippen molar-refractivity contribution in [2.75, 3.05) is 0 Å². The normalized spacial score (nSPS) is 10.0. The highest BCUT2D eigenvalue weighted by Gasteiger charge is 2.08. The molecule has 3 rings (SSSR count). The molecule has 4 heteroatoms. The minimum atomic E-state index is 0.0371. The number of benzene rings is 2. The van der Waals surface area contributed by atoms with Crippen LogP contribution in [-0.4, -0.2) is 10.8 Å². The number of aromatic nitrogens is 1. The number of ether oxygens (including phenoxy) is 1. The Kier molecular flexibility index (Phi) is 5.18. The first-order chi connectivity index (χ1) is 12.2. The summed E-state index contributed by atoms with van der Waals surface area (Å²) in [5, 5.41) is 8.81. The standard InChI is InChI=1S/C21H16N2O2/c22-14-17-4-6-18(7-5-17)15-25-20-3-1-2-19(13-20)21(24)12-16-8-10-23-11-9-16/h1-11,13H,12,15H2. The number of Topliss-reactive ketones (excluding diaryl/α,β-unsaturated/α-hetero) is 1. The van der Waals surface area contributed by atoms with E-state index in [2.05, 4.69) is 11.1 Å². The zero-order valence-corrected chi connectivity index (χ0v) is 13.6. The highest BCUT2D eigenvalue weighted by molar-refractivity contribution is 5.97. The van der Waals surface area contributed by atoms with Gasteiger partial charge in [0, 0.05) is 24.4 Å². The number of hydrogen-bond donors (Lipinski definition) is 0. The molecule has 2 aromatic carbocycles. The lowest BCUT2D eigenvalue weighted by Crippen LogP contribution is -2.04. The molecule has 0 aliphatic heterocycles.